The topological polar surface area (TPSA) is 0 Å². The summed E-state index contributed by atoms with van der Waals surface area (Å²) in [6, 6.07) is 27.9. The molecule has 241 valence electrons. The molecule has 6 rings (SSSR count). The van der Waals surface area contributed by atoms with Crippen molar-refractivity contribution < 1.29 is 0 Å². The first-order valence-corrected chi connectivity index (χ1v) is 17.6. The van der Waals surface area contributed by atoms with E-state index in [-0.39, 0.29) is 16.2 Å². The van der Waals surface area contributed by atoms with E-state index in [4.69, 9.17) is 0 Å². The molecule has 0 nitrogen and oxygen atoms in total. The third kappa shape index (κ3) is 6.13. The van der Waals surface area contributed by atoms with E-state index in [0.29, 0.717) is 5.92 Å². The first-order chi connectivity index (χ1) is 22.0. The normalized spacial score (nSPS) is 16.0. The predicted octanol–water partition coefficient (Wildman–Crippen LogP) is 11.2. The second-order valence-electron chi connectivity index (χ2n) is 17.1. The third-order valence-corrected chi connectivity index (χ3v) is 10.1. The molecule has 0 aromatic heterocycles. The minimum atomic E-state index is -0.128. The maximum absolute atomic E-state index is 4.03. The van der Waals surface area contributed by atoms with Gasteiger partial charge in [0.15, 0.2) is 0 Å². The van der Waals surface area contributed by atoms with Gasteiger partial charge in [-0.25, -0.2) is 0 Å². The Morgan fingerprint density at radius 2 is 1.23 bits per heavy atom. The molecular weight excluding hydrogens is 565 g/mol. The molecule has 0 amide bonds. The minimum absolute atomic E-state index is 0.0701. The lowest BCUT2D eigenvalue weighted by Gasteiger charge is -2.29. The highest BCUT2D eigenvalue weighted by Gasteiger charge is 2.33. The summed E-state index contributed by atoms with van der Waals surface area (Å²) in [6.07, 6.45) is 10.2. The number of aryl methyl sites for hydroxylation is 2. The molecule has 0 N–H and O–H groups in total. The summed E-state index contributed by atoms with van der Waals surface area (Å²) >= 11 is 0. The van der Waals surface area contributed by atoms with E-state index in [0.717, 1.165) is 6.42 Å². The van der Waals surface area contributed by atoms with Crippen LogP contribution in [0.2, 0.25) is 0 Å². The zero-order valence-corrected chi connectivity index (χ0v) is 30.9. The summed E-state index contributed by atoms with van der Waals surface area (Å²) in [5.74, 6) is 0.363. The van der Waals surface area contributed by atoms with Crippen LogP contribution in [-0.2, 0) is 10.8 Å². The number of benzene rings is 4. The standard InChI is InChI=1S/C47H53/c1-13-31-24-36(46(7,8)9)27-38(31)43-40-26-34-25-35(45(4,5)6)22-23-37(34)39(40)28-41(44(43)47(10,11)12)42(32-18-14-29(2)15-19-32)33-20-16-30(3)17-21-33/h14-25,27-28,31H,13H2,1-12H3. The number of rotatable bonds is 4. The fourth-order valence-corrected chi connectivity index (χ4v) is 7.38. The van der Waals surface area contributed by atoms with Crippen LogP contribution in [0.25, 0.3) is 28.3 Å². The lowest BCUT2D eigenvalue weighted by atomic mass is 9.75. The van der Waals surface area contributed by atoms with Gasteiger partial charge in [0.05, 0.1) is 0 Å². The number of hydrogen-bond donors (Lipinski definition) is 0. The summed E-state index contributed by atoms with van der Waals surface area (Å²) in [4.78, 5) is 0. The van der Waals surface area contributed by atoms with Crippen molar-refractivity contribution in [2.75, 3.05) is 0 Å². The Morgan fingerprint density at radius 1 is 0.660 bits per heavy atom. The molecule has 0 saturated heterocycles. The molecule has 2 aliphatic rings. The van der Waals surface area contributed by atoms with Crippen LogP contribution in [0.3, 0.4) is 0 Å². The van der Waals surface area contributed by atoms with Gasteiger partial charge in [0.2, 0.25) is 0 Å². The fourth-order valence-electron chi connectivity index (χ4n) is 7.38. The molecule has 0 fully saturated rings. The molecule has 4 aromatic rings. The van der Waals surface area contributed by atoms with Crippen molar-refractivity contribution in [1.29, 1.82) is 0 Å². The minimum Gasteiger partial charge on any atom is -0.0732 e. The molecule has 1 radical (unpaired) electrons. The number of fused-ring (bicyclic) bond motifs is 3. The van der Waals surface area contributed by atoms with Crippen LogP contribution in [0.5, 0.6) is 0 Å². The molecule has 0 heteroatoms. The smallest absolute Gasteiger partial charge is 0.00277 e. The van der Waals surface area contributed by atoms with Crippen molar-refractivity contribution in [1.82, 2.24) is 0 Å². The van der Waals surface area contributed by atoms with Crippen molar-refractivity contribution in [3.05, 3.63) is 145 Å². The van der Waals surface area contributed by atoms with E-state index in [1.807, 2.05) is 0 Å². The Kier molecular flexibility index (Phi) is 8.19. The molecule has 2 aliphatic carbocycles. The largest absolute Gasteiger partial charge is 0.0732 e. The van der Waals surface area contributed by atoms with E-state index < -0.39 is 0 Å². The lowest BCUT2D eigenvalue weighted by Crippen LogP contribution is -2.33. The van der Waals surface area contributed by atoms with Crippen molar-refractivity contribution in [3.63, 3.8) is 0 Å². The Balaban J connectivity index is 1.85. The predicted molar refractivity (Wildman–Crippen MR) is 204 cm³/mol. The van der Waals surface area contributed by atoms with Gasteiger partial charge < -0.3 is 0 Å². The van der Waals surface area contributed by atoms with Crippen molar-refractivity contribution in [2.24, 2.45) is 11.3 Å². The van der Waals surface area contributed by atoms with Crippen LogP contribution in [0.15, 0.2) is 90.5 Å². The number of hydrogen-bond acceptors (Lipinski definition) is 0. The third-order valence-electron chi connectivity index (χ3n) is 10.1. The molecule has 0 saturated carbocycles. The van der Waals surface area contributed by atoms with E-state index in [2.05, 4.69) is 174 Å². The monoisotopic (exact) mass is 617 g/mol. The van der Waals surface area contributed by atoms with Gasteiger partial charge in [0, 0.05) is 5.92 Å². The van der Waals surface area contributed by atoms with Gasteiger partial charge in [-0.05, 0) is 126 Å². The van der Waals surface area contributed by atoms with Gasteiger partial charge in [0.25, 0.3) is 0 Å². The Hall–Kier alpha value is -3.90. The van der Waals surface area contributed by atoms with E-state index in [9.17, 15) is 0 Å². The van der Waals surface area contributed by atoms with Crippen LogP contribution >= 0.6 is 0 Å². The Morgan fingerprint density at radius 3 is 1.72 bits per heavy atom. The van der Waals surface area contributed by atoms with Crippen LogP contribution in [0, 0.1) is 25.2 Å². The van der Waals surface area contributed by atoms with E-state index in [1.54, 1.807) is 0 Å². The summed E-state index contributed by atoms with van der Waals surface area (Å²) in [5.41, 5.74) is 17.2. The highest BCUT2D eigenvalue weighted by molar-refractivity contribution is 5.92. The van der Waals surface area contributed by atoms with Gasteiger partial charge in [-0.15, -0.1) is 0 Å². The van der Waals surface area contributed by atoms with Crippen LogP contribution < -0.4 is 10.4 Å². The summed E-state index contributed by atoms with van der Waals surface area (Å²) in [7, 11) is 0. The average Bonchev–Trinajstić information content (AvgIpc) is 3.59. The van der Waals surface area contributed by atoms with Crippen LogP contribution in [0.4, 0.5) is 0 Å². The van der Waals surface area contributed by atoms with Crippen molar-refractivity contribution >= 4 is 17.2 Å². The highest BCUT2D eigenvalue weighted by atomic mass is 14.4. The highest BCUT2D eigenvalue weighted by Crippen LogP contribution is 2.44. The molecule has 0 spiro atoms. The first-order valence-electron chi connectivity index (χ1n) is 17.6. The second kappa shape index (κ2) is 11.7. The Bertz CT molecular complexity index is 1990. The Labute approximate surface area is 284 Å². The van der Waals surface area contributed by atoms with E-state index in [1.165, 1.54) is 82.8 Å². The first kappa shape index (κ1) is 33.0. The molecule has 0 aliphatic heterocycles. The quantitative estimate of drug-likeness (QED) is 0.188. The van der Waals surface area contributed by atoms with Gasteiger partial charge in [-0.3, -0.25) is 0 Å². The molecule has 1 atom stereocenters. The van der Waals surface area contributed by atoms with Gasteiger partial charge in [-0.2, -0.15) is 0 Å². The molecule has 0 heterocycles. The summed E-state index contributed by atoms with van der Waals surface area (Å²) in [5, 5.41) is 2.59. The van der Waals surface area contributed by atoms with Gasteiger partial charge in [-0.1, -0.05) is 153 Å². The zero-order chi connectivity index (χ0) is 34.1. The molecule has 1 unspecified atom stereocenters. The van der Waals surface area contributed by atoms with Gasteiger partial charge >= 0.3 is 0 Å². The fraction of sp³-hybridized carbons (Fsp3) is 0.362. The maximum Gasteiger partial charge on any atom is 0.00277 e. The zero-order valence-electron chi connectivity index (χ0n) is 30.9. The van der Waals surface area contributed by atoms with Crippen LogP contribution in [0.1, 0.15) is 120 Å². The second-order valence-corrected chi connectivity index (χ2v) is 17.1. The molecule has 47 heavy (non-hydrogen) atoms. The average molecular weight is 618 g/mol. The maximum atomic E-state index is 4.03. The van der Waals surface area contributed by atoms with Crippen molar-refractivity contribution in [2.45, 2.75) is 100 Å². The number of allylic oxidation sites excluding steroid dienone is 4. The van der Waals surface area contributed by atoms with E-state index >= 15 is 0 Å². The molecular formula is C47H53. The van der Waals surface area contributed by atoms with Gasteiger partial charge in [0.1, 0.15) is 0 Å². The summed E-state index contributed by atoms with van der Waals surface area (Å²) < 4.78 is 0. The van der Waals surface area contributed by atoms with Crippen LogP contribution in [-0.4, -0.2) is 0 Å². The summed E-state index contributed by atoms with van der Waals surface area (Å²) in [6.45, 7) is 27.8. The lowest BCUT2D eigenvalue weighted by molar-refractivity contribution is 0.516. The molecule has 4 aromatic carbocycles. The van der Waals surface area contributed by atoms with Crippen molar-refractivity contribution in [3.8, 4) is 11.1 Å². The molecule has 0 bridgehead atoms. The SMILES string of the molecule is CCC1C=C(C(C)(C)C)C=C1c1c(C(C)(C)C)c(=C(c2ccc(C)cc2)c2ccc(C)cc2)cc2c1=[C]c1cc(C(C)(C)C)ccc1-2.